The van der Waals surface area contributed by atoms with Crippen LogP contribution in [-0.2, 0) is 19.6 Å². The number of sulfonamides is 1. The summed E-state index contributed by atoms with van der Waals surface area (Å²) in [6, 6.07) is 9.38. The van der Waals surface area contributed by atoms with Crippen LogP contribution >= 0.6 is 0 Å². The van der Waals surface area contributed by atoms with E-state index in [4.69, 9.17) is 9.15 Å². The Kier molecular flexibility index (Phi) is 5.56. The Morgan fingerprint density at radius 3 is 2.61 bits per heavy atom. The minimum Gasteiger partial charge on any atom is -0.506 e. The summed E-state index contributed by atoms with van der Waals surface area (Å²) in [6.45, 7) is 2.54. The molecule has 1 aromatic heterocycles. The van der Waals surface area contributed by atoms with Crippen LogP contribution in [0, 0.1) is 0 Å². The SMILES string of the molecule is CC(C(=O)Nc1cc(S(=O)(=O)N2CCOCC2)ccc1O)n1c(=O)oc2ccccc21. The number of hydrogen-bond donors (Lipinski definition) is 2. The molecule has 1 atom stereocenters. The molecule has 3 aromatic rings. The molecular formula is C20H21N3O7S. The molecule has 1 fully saturated rings. The van der Waals surface area contributed by atoms with Crippen LogP contribution in [0.25, 0.3) is 11.1 Å². The van der Waals surface area contributed by atoms with Crippen molar-refractivity contribution in [2.45, 2.75) is 17.9 Å². The number of amides is 1. The predicted molar refractivity (Wildman–Crippen MR) is 111 cm³/mol. The highest BCUT2D eigenvalue weighted by Crippen LogP contribution is 2.29. The third-order valence-electron chi connectivity index (χ3n) is 5.12. The summed E-state index contributed by atoms with van der Waals surface area (Å²) in [6.07, 6.45) is 0. The van der Waals surface area contributed by atoms with Gasteiger partial charge in [-0.05, 0) is 37.3 Å². The zero-order valence-electron chi connectivity index (χ0n) is 16.6. The van der Waals surface area contributed by atoms with E-state index in [1.807, 2.05) is 0 Å². The quantitative estimate of drug-likeness (QED) is 0.567. The molecule has 0 saturated carbocycles. The first-order valence-corrected chi connectivity index (χ1v) is 11.0. The number of para-hydroxylation sites is 2. The normalized spacial score (nSPS) is 16.3. The number of nitrogens with one attached hydrogen (secondary N) is 1. The fraction of sp³-hybridized carbons (Fsp3) is 0.300. The molecule has 164 valence electrons. The summed E-state index contributed by atoms with van der Waals surface area (Å²) >= 11 is 0. The van der Waals surface area contributed by atoms with E-state index in [1.165, 1.54) is 34.0 Å². The first-order valence-electron chi connectivity index (χ1n) is 9.61. The molecule has 0 aliphatic carbocycles. The summed E-state index contributed by atoms with van der Waals surface area (Å²) < 4.78 is 38.6. The van der Waals surface area contributed by atoms with Gasteiger partial charge in [0, 0.05) is 13.1 Å². The summed E-state index contributed by atoms with van der Waals surface area (Å²) in [4.78, 5) is 25.0. The van der Waals surface area contributed by atoms with Crippen molar-refractivity contribution in [2.24, 2.45) is 0 Å². The van der Waals surface area contributed by atoms with Gasteiger partial charge in [0.25, 0.3) is 0 Å². The van der Waals surface area contributed by atoms with Crippen LogP contribution in [0.5, 0.6) is 5.75 Å². The minimum atomic E-state index is -3.82. The number of carbonyl (C=O) groups excluding carboxylic acids is 1. The van der Waals surface area contributed by atoms with Crippen LogP contribution in [0.3, 0.4) is 0 Å². The molecule has 10 nitrogen and oxygen atoms in total. The molecule has 0 spiro atoms. The zero-order chi connectivity index (χ0) is 22.2. The van der Waals surface area contributed by atoms with Gasteiger partial charge in [0.05, 0.1) is 29.3 Å². The second kappa shape index (κ2) is 8.17. The first kappa shape index (κ1) is 21.1. The van der Waals surface area contributed by atoms with E-state index in [0.717, 1.165) is 0 Å². The Morgan fingerprint density at radius 2 is 1.87 bits per heavy atom. The number of oxazole rings is 1. The Labute approximate surface area is 177 Å². The summed E-state index contributed by atoms with van der Waals surface area (Å²) in [5.74, 6) is -1.62. The van der Waals surface area contributed by atoms with Crippen LogP contribution in [0.1, 0.15) is 13.0 Å². The van der Waals surface area contributed by atoms with E-state index in [0.29, 0.717) is 24.3 Å². The van der Waals surface area contributed by atoms with Crippen molar-refractivity contribution in [1.82, 2.24) is 8.87 Å². The molecule has 2 N–H and O–H groups in total. The molecule has 4 rings (SSSR count). The summed E-state index contributed by atoms with van der Waals surface area (Å²) in [5, 5.41) is 12.7. The van der Waals surface area contributed by atoms with Crippen molar-refractivity contribution in [3.63, 3.8) is 0 Å². The van der Waals surface area contributed by atoms with Crippen LogP contribution in [0.4, 0.5) is 5.69 Å². The number of aromatic nitrogens is 1. The molecule has 2 aromatic carbocycles. The van der Waals surface area contributed by atoms with E-state index >= 15 is 0 Å². The number of fused-ring (bicyclic) bond motifs is 1. The van der Waals surface area contributed by atoms with Crippen molar-refractivity contribution < 1.29 is 27.5 Å². The number of phenols is 1. The molecule has 1 aliphatic rings. The number of anilines is 1. The van der Waals surface area contributed by atoms with Gasteiger partial charge >= 0.3 is 5.76 Å². The number of carbonyl (C=O) groups is 1. The van der Waals surface area contributed by atoms with Crippen LogP contribution in [-0.4, -0.2) is 54.6 Å². The standard InChI is InChI=1S/C20H21N3O7S/c1-13(23-16-4-2-3-5-18(16)30-20(23)26)19(25)21-15-12-14(6-7-17(15)24)31(27,28)22-8-10-29-11-9-22/h2-7,12-13,24H,8-11H2,1H3,(H,21,25). The van der Waals surface area contributed by atoms with Gasteiger partial charge in [0.1, 0.15) is 11.8 Å². The molecular weight excluding hydrogens is 426 g/mol. The first-order chi connectivity index (χ1) is 14.8. The van der Waals surface area contributed by atoms with Crippen molar-refractivity contribution in [3.8, 4) is 5.75 Å². The largest absolute Gasteiger partial charge is 0.506 e. The number of phenolic OH excluding ortho intramolecular Hbond substituents is 1. The number of rotatable bonds is 5. The Morgan fingerprint density at radius 1 is 1.16 bits per heavy atom. The highest BCUT2D eigenvalue weighted by molar-refractivity contribution is 7.89. The van der Waals surface area contributed by atoms with Crippen molar-refractivity contribution in [3.05, 3.63) is 53.0 Å². The van der Waals surface area contributed by atoms with Crippen molar-refractivity contribution in [2.75, 3.05) is 31.6 Å². The molecule has 11 heteroatoms. The molecule has 2 heterocycles. The monoisotopic (exact) mass is 447 g/mol. The Hall–Kier alpha value is -3.15. The highest BCUT2D eigenvalue weighted by atomic mass is 32.2. The topological polar surface area (TPSA) is 131 Å². The molecule has 1 unspecified atom stereocenters. The lowest BCUT2D eigenvalue weighted by Crippen LogP contribution is -2.40. The van der Waals surface area contributed by atoms with E-state index in [2.05, 4.69) is 5.32 Å². The van der Waals surface area contributed by atoms with Crippen molar-refractivity contribution >= 4 is 32.7 Å². The van der Waals surface area contributed by atoms with Gasteiger partial charge in [0.2, 0.25) is 15.9 Å². The third-order valence-corrected chi connectivity index (χ3v) is 7.01. The fourth-order valence-corrected chi connectivity index (χ4v) is 4.85. The van der Waals surface area contributed by atoms with Gasteiger partial charge < -0.3 is 19.6 Å². The number of nitrogens with zero attached hydrogens (tertiary/aromatic N) is 2. The molecule has 1 aliphatic heterocycles. The second-order valence-electron chi connectivity index (χ2n) is 7.07. The Bertz CT molecular complexity index is 1290. The molecule has 0 bridgehead atoms. The fourth-order valence-electron chi connectivity index (χ4n) is 3.42. The van der Waals surface area contributed by atoms with E-state index in [9.17, 15) is 23.1 Å². The number of ether oxygens (including phenoxy) is 1. The summed E-state index contributed by atoms with van der Waals surface area (Å²) in [5.41, 5.74) is 0.712. The summed E-state index contributed by atoms with van der Waals surface area (Å²) in [7, 11) is -3.82. The van der Waals surface area contributed by atoms with Crippen LogP contribution < -0.4 is 11.1 Å². The average Bonchev–Trinajstić information content (AvgIpc) is 3.10. The second-order valence-corrected chi connectivity index (χ2v) is 9.00. The zero-order valence-corrected chi connectivity index (χ0v) is 17.5. The number of morpholine rings is 1. The van der Waals surface area contributed by atoms with E-state index in [-0.39, 0.29) is 29.4 Å². The van der Waals surface area contributed by atoms with Gasteiger partial charge in [-0.3, -0.25) is 9.36 Å². The number of benzene rings is 2. The maximum atomic E-state index is 12.9. The maximum absolute atomic E-state index is 12.9. The lowest BCUT2D eigenvalue weighted by atomic mass is 10.2. The highest BCUT2D eigenvalue weighted by Gasteiger charge is 2.28. The lowest BCUT2D eigenvalue weighted by Gasteiger charge is -2.26. The molecule has 0 radical (unpaired) electrons. The maximum Gasteiger partial charge on any atom is 0.420 e. The third kappa shape index (κ3) is 3.94. The lowest BCUT2D eigenvalue weighted by molar-refractivity contribution is -0.118. The van der Waals surface area contributed by atoms with Crippen LogP contribution in [0.2, 0.25) is 0 Å². The smallest absolute Gasteiger partial charge is 0.420 e. The van der Waals surface area contributed by atoms with Gasteiger partial charge in [-0.2, -0.15) is 4.31 Å². The van der Waals surface area contributed by atoms with E-state index < -0.39 is 27.7 Å². The van der Waals surface area contributed by atoms with Gasteiger partial charge in [-0.15, -0.1) is 0 Å². The Balaban J connectivity index is 1.61. The molecule has 31 heavy (non-hydrogen) atoms. The number of aromatic hydroxyl groups is 1. The predicted octanol–water partition coefficient (Wildman–Crippen LogP) is 1.52. The molecule has 1 saturated heterocycles. The van der Waals surface area contributed by atoms with Gasteiger partial charge in [0.15, 0.2) is 5.58 Å². The van der Waals surface area contributed by atoms with Crippen molar-refractivity contribution in [1.29, 1.82) is 0 Å². The van der Waals surface area contributed by atoms with Crippen LogP contribution in [0.15, 0.2) is 56.6 Å². The van der Waals surface area contributed by atoms with Gasteiger partial charge in [-0.1, -0.05) is 12.1 Å². The van der Waals surface area contributed by atoms with E-state index in [1.54, 1.807) is 24.3 Å². The number of hydrogen-bond acceptors (Lipinski definition) is 7. The van der Waals surface area contributed by atoms with Gasteiger partial charge in [-0.25, -0.2) is 13.2 Å². The molecule has 1 amide bonds. The minimum absolute atomic E-state index is 0.0684. The average molecular weight is 447 g/mol.